The molecule has 6 nitrogen and oxygen atoms in total. The third-order valence-electron chi connectivity index (χ3n) is 2.27. The summed E-state index contributed by atoms with van der Waals surface area (Å²) in [7, 11) is 3.50. The fourth-order valence-corrected chi connectivity index (χ4v) is 1.68. The van der Waals surface area contributed by atoms with E-state index < -0.39 is 0 Å². The minimum absolute atomic E-state index is 0.492. The van der Waals surface area contributed by atoms with Gasteiger partial charge in [-0.05, 0) is 19.9 Å². The summed E-state index contributed by atoms with van der Waals surface area (Å²) in [5, 5.41) is 11.2. The van der Waals surface area contributed by atoms with E-state index in [4.69, 9.17) is 9.53 Å². The molecule has 0 saturated carbocycles. The molecule has 0 aliphatic heterocycles. The molecule has 2 aromatic heterocycles. The van der Waals surface area contributed by atoms with Crippen LogP contribution < -0.4 is 5.32 Å². The molecule has 0 unspecified atom stereocenters. The molecule has 0 bridgehead atoms. The average Bonchev–Trinajstić information content (AvgIpc) is 2.73. The Balaban J connectivity index is 0.000000492. The molecule has 0 saturated heterocycles. The summed E-state index contributed by atoms with van der Waals surface area (Å²) in [4.78, 5) is 13.3. The van der Waals surface area contributed by atoms with Crippen LogP contribution >= 0.6 is 0 Å². The number of carbonyl (C=O) groups is 1. The van der Waals surface area contributed by atoms with Crippen LogP contribution in [0.4, 0.5) is 5.82 Å². The minimum atomic E-state index is 0.492. The topological polar surface area (TPSA) is 79.9 Å². The van der Waals surface area contributed by atoms with Gasteiger partial charge in [-0.3, -0.25) is 10.1 Å². The zero-order valence-corrected chi connectivity index (χ0v) is 11.1. The predicted molar refractivity (Wildman–Crippen MR) is 70.6 cm³/mol. The van der Waals surface area contributed by atoms with Crippen molar-refractivity contribution in [1.29, 1.82) is 0 Å². The number of aryl methyl sites for hydroxylation is 1. The van der Waals surface area contributed by atoms with E-state index in [1.165, 1.54) is 6.92 Å². The molecule has 0 fully saturated rings. The SMILES string of the molecule is CC=O.CNc1n[nH]c2cc(C)nc(COC)c12. The van der Waals surface area contributed by atoms with Gasteiger partial charge in [0.25, 0.3) is 0 Å². The number of carbonyl (C=O) groups excluding carboxylic acids is 1. The van der Waals surface area contributed by atoms with Crippen LogP contribution in [0.3, 0.4) is 0 Å². The fourth-order valence-electron chi connectivity index (χ4n) is 1.68. The van der Waals surface area contributed by atoms with Gasteiger partial charge in [0.15, 0.2) is 5.82 Å². The molecule has 0 spiro atoms. The number of hydrogen-bond donors (Lipinski definition) is 2. The molecular weight excluding hydrogens is 232 g/mol. The first-order chi connectivity index (χ1) is 8.67. The molecule has 2 N–H and O–H groups in total. The van der Waals surface area contributed by atoms with Crippen molar-refractivity contribution in [3.8, 4) is 0 Å². The number of anilines is 1. The maximum absolute atomic E-state index is 8.81. The molecule has 2 heterocycles. The Hall–Kier alpha value is -1.95. The Bertz CT molecular complexity index is 522. The van der Waals surface area contributed by atoms with Gasteiger partial charge in [-0.1, -0.05) is 0 Å². The molecule has 98 valence electrons. The van der Waals surface area contributed by atoms with E-state index in [0.29, 0.717) is 6.61 Å². The van der Waals surface area contributed by atoms with E-state index >= 15 is 0 Å². The molecule has 0 amide bonds. The number of nitrogens with zero attached hydrogens (tertiary/aromatic N) is 2. The number of rotatable bonds is 3. The quantitative estimate of drug-likeness (QED) is 0.810. The number of fused-ring (bicyclic) bond motifs is 1. The number of pyridine rings is 1. The summed E-state index contributed by atoms with van der Waals surface area (Å²) in [5.74, 6) is 0.810. The van der Waals surface area contributed by atoms with Crippen LogP contribution in [0, 0.1) is 6.92 Å². The molecule has 0 radical (unpaired) electrons. The minimum Gasteiger partial charge on any atom is -0.378 e. The highest BCUT2D eigenvalue weighted by Crippen LogP contribution is 2.24. The van der Waals surface area contributed by atoms with E-state index in [1.807, 2.05) is 20.0 Å². The van der Waals surface area contributed by atoms with Gasteiger partial charge in [0, 0.05) is 19.9 Å². The molecule has 2 aromatic rings. The molecule has 18 heavy (non-hydrogen) atoms. The van der Waals surface area contributed by atoms with Crippen molar-refractivity contribution >= 4 is 23.0 Å². The zero-order chi connectivity index (χ0) is 13.5. The lowest BCUT2D eigenvalue weighted by Crippen LogP contribution is -1.97. The maximum atomic E-state index is 8.81. The summed E-state index contributed by atoms with van der Waals surface area (Å²) in [5.41, 5.74) is 2.85. The number of aromatic amines is 1. The van der Waals surface area contributed by atoms with Gasteiger partial charge in [0.1, 0.15) is 6.29 Å². The van der Waals surface area contributed by atoms with Crippen molar-refractivity contribution in [2.24, 2.45) is 0 Å². The van der Waals surface area contributed by atoms with E-state index in [1.54, 1.807) is 7.11 Å². The van der Waals surface area contributed by atoms with Crippen molar-refractivity contribution in [3.05, 3.63) is 17.5 Å². The summed E-state index contributed by atoms with van der Waals surface area (Å²) in [6, 6.07) is 1.97. The van der Waals surface area contributed by atoms with Crippen LogP contribution in [-0.4, -0.2) is 35.6 Å². The number of aromatic nitrogens is 3. The Morgan fingerprint density at radius 3 is 2.78 bits per heavy atom. The second-order valence-electron chi connectivity index (χ2n) is 3.62. The lowest BCUT2D eigenvalue weighted by molar-refractivity contribution is -0.106. The first kappa shape index (κ1) is 14.1. The van der Waals surface area contributed by atoms with Gasteiger partial charge < -0.3 is 14.8 Å². The van der Waals surface area contributed by atoms with Gasteiger partial charge in [0.05, 0.1) is 23.2 Å². The molecule has 0 aromatic carbocycles. The molecule has 0 aliphatic carbocycles. The largest absolute Gasteiger partial charge is 0.378 e. The van der Waals surface area contributed by atoms with Crippen molar-refractivity contribution in [3.63, 3.8) is 0 Å². The second-order valence-corrected chi connectivity index (χ2v) is 3.62. The van der Waals surface area contributed by atoms with E-state index in [2.05, 4.69) is 20.5 Å². The Morgan fingerprint density at radius 1 is 1.56 bits per heavy atom. The molecule has 6 heteroatoms. The number of hydrogen-bond acceptors (Lipinski definition) is 5. The second kappa shape index (κ2) is 6.70. The molecule has 0 aliphatic rings. The normalized spacial score (nSPS) is 9.78. The highest BCUT2D eigenvalue weighted by atomic mass is 16.5. The highest BCUT2D eigenvalue weighted by Gasteiger charge is 2.11. The summed E-state index contributed by atoms with van der Waals surface area (Å²) < 4.78 is 5.13. The Labute approximate surface area is 106 Å². The van der Waals surface area contributed by atoms with E-state index in [9.17, 15) is 0 Å². The van der Waals surface area contributed by atoms with Crippen molar-refractivity contribution in [1.82, 2.24) is 15.2 Å². The first-order valence-electron chi connectivity index (χ1n) is 5.59. The third-order valence-corrected chi connectivity index (χ3v) is 2.27. The summed E-state index contributed by atoms with van der Waals surface area (Å²) in [6.07, 6.45) is 0.750. The molecular formula is C12H18N4O2. The lowest BCUT2D eigenvalue weighted by Gasteiger charge is -2.04. The summed E-state index contributed by atoms with van der Waals surface area (Å²) >= 11 is 0. The van der Waals surface area contributed by atoms with Gasteiger partial charge in [-0.25, -0.2) is 0 Å². The smallest absolute Gasteiger partial charge is 0.157 e. The number of ether oxygens (including phenoxy) is 1. The predicted octanol–water partition coefficient (Wildman–Crippen LogP) is 1.66. The average molecular weight is 250 g/mol. The molecule has 0 atom stereocenters. The highest BCUT2D eigenvalue weighted by molar-refractivity contribution is 5.91. The van der Waals surface area contributed by atoms with Gasteiger partial charge >= 0.3 is 0 Å². The number of nitrogens with one attached hydrogen (secondary N) is 2. The maximum Gasteiger partial charge on any atom is 0.157 e. The Morgan fingerprint density at radius 2 is 2.22 bits per heavy atom. The van der Waals surface area contributed by atoms with Crippen LogP contribution in [0.1, 0.15) is 18.3 Å². The van der Waals surface area contributed by atoms with Crippen LogP contribution in [-0.2, 0) is 16.1 Å². The zero-order valence-electron chi connectivity index (χ0n) is 11.1. The monoisotopic (exact) mass is 250 g/mol. The van der Waals surface area contributed by atoms with E-state index in [0.717, 1.165) is 34.4 Å². The van der Waals surface area contributed by atoms with Crippen molar-refractivity contribution in [2.45, 2.75) is 20.5 Å². The van der Waals surface area contributed by atoms with Crippen LogP contribution in [0.15, 0.2) is 6.07 Å². The first-order valence-corrected chi connectivity index (χ1v) is 5.59. The van der Waals surface area contributed by atoms with Crippen molar-refractivity contribution in [2.75, 3.05) is 19.5 Å². The van der Waals surface area contributed by atoms with Crippen LogP contribution in [0.5, 0.6) is 0 Å². The van der Waals surface area contributed by atoms with Crippen LogP contribution in [0.2, 0.25) is 0 Å². The Kier molecular flexibility index (Phi) is 5.26. The van der Waals surface area contributed by atoms with Gasteiger partial charge in [0.2, 0.25) is 0 Å². The van der Waals surface area contributed by atoms with E-state index in [-0.39, 0.29) is 0 Å². The van der Waals surface area contributed by atoms with Crippen molar-refractivity contribution < 1.29 is 9.53 Å². The van der Waals surface area contributed by atoms with Gasteiger partial charge in [-0.15, -0.1) is 0 Å². The number of aldehydes is 1. The van der Waals surface area contributed by atoms with Crippen LogP contribution in [0.25, 0.3) is 10.9 Å². The van der Waals surface area contributed by atoms with Gasteiger partial charge in [-0.2, -0.15) is 5.10 Å². The number of methoxy groups -OCH3 is 1. The molecule has 2 rings (SSSR count). The third kappa shape index (κ3) is 3.04. The lowest BCUT2D eigenvalue weighted by atomic mass is 10.2. The number of H-pyrrole nitrogens is 1. The fraction of sp³-hybridized carbons (Fsp3) is 0.417. The summed E-state index contributed by atoms with van der Waals surface area (Å²) in [6.45, 7) is 3.89. The standard InChI is InChI=1S/C10H14N4O.C2H4O/c1-6-4-7-9(8(12-6)5-15-3)10(11-2)14-13-7;1-2-3/h4H,5H2,1-3H3,(H2,11,13,14);2H,1H3.